The summed E-state index contributed by atoms with van der Waals surface area (Å²) in [7, 11) is 0. The first kappa shape index (κ1) is 13.6. The molecule has 0 spiro atoms. The Hall–Kier alpha value is -1.38. The highest BCUT2D eigenvalue weighted by Gasteiger charge is 2.57. The first-order valence-corrected chi connectivity index (χ1v) is 7.58. The molecule has 3 aliphatic carbocycles. The van der Waals surface area contributed by atoms with Crippen molar-refractivity contribution in [3.05, 3.63) is 30.1 Å². The van der Waals surface area contributed by atoms with Crippen LogP contribution >= 0.6 is 0 Å². The van der Waals surface area contributed by atoms with E-state index in [9.17, 15) is 4.79 Å². The summed E-state index contributed by atoms with van der Waals surface area (Å²) in [5, 5.41) is 0. The molecular weight excluding hydrogens is 250 g/mol. The molecule has 0 saturated heterocycles. The van der Waals surface area contributed by atoms with Crippen molar-refractivity contribution in [2.24, 2.45) is 23.2 Å². The van der Waals surface area contributed by atoms with Crippen LogP contribution in [0.5, 0.6) is 0 Å². The Morgan fingerprint density at radius 2 is 2.20 bits per heavy atom. The van der Waals surface area contributed by atoms with Gasteiger partial charge in [0.15, 0.2) is 0 Å². The van der Waals surface area contributed by atoms with Crippen molar-refractivity contribution < 1.29 is 9.53 Å². The van der Waals surface area contributed by atoms with Gasteiger partial charge in [0, 0.05) is 6.20 Å². The molecule has 2 bridgehead atoms. The van der Waals surface area contributed by atoms with Crippen LogP contribution in [0.2, 0.25) is 0 Å². The number of rotatable bonds is 3. The summed E-state index contributed by atoms with van der Waals surface area (Å²) in [6.45, 7) is 6.95. The van der Waals surface area contributed by atoms with E-state index in [-0.39, 0.29) is 18.5 Å². The van der Waals surface area contributed by atoms with Gasteiger partial charge in [-0.25, -0.2) is 0 Å². The third kappa shape index (κ3) is 2.23. The first-order valence-electron chi connectivity index (χ1n) is 7.58. The molecule has 20 heavy (non-hydrogen) atoms. The molecule has 0 aromatic carbocycles. The number of esters is 1. The number of carbonyl (C=O) groups is 1. The zero-order valence-corrected chi connectivity index (χ0v) is 12.5. The van der Waals surface area contributed by atoms with Crippen molar-refractivity contribution in [2.75, 3.05) is 0 Å². The zero-order valence-electron chi connectivity index (χ0n) is 12.5. The van der Waals surface area contributed by atoms with E-state index in [4.69, 9.17) is 4.74 Å². The van der Waals surface area contributed by atoms with E-state index in [1.54, 1.807) is 6.20 Å². The van der Waals surface area contributed by atoms with Crippen molar-refractivity contribution in [1.82, 2.24) is 4.98 Å². The van der Waals surface area contributed by atoms with Crippen LogP contribution in [0.3, 0.4) is 0 Å². The van der Waals surface area contributed by atoms with E-state index < -0.39 is 0 Å². The summed E-state index contributed by atoms with van der Waals surface area (Å²) in [5.41, 5.74) is 1.22. The van der Waals surface area contributed by atoms with Gasteiger partial charge in [-0.05, 0) is 48.1 Å². The predicted molar refractivity (Wildman–Crippen MR) is 77.0 cm³/mol. The standard InChI is InChI=1S/C17H23NO2/c1-11-14-8-12(17(14,2)3)9-15(11)20-16(19)10-13-6-4-5-7-18-13/h4-7,11-12,14-15H,8-10H2,1-3H3/t11-,12?,14?,15?/m0/s1. The van der Waals surface area contributed by atoms with Crippen molar-refractivity contribution in [3.8, 4) is 0 Å². The number of carbonyl (C=O) groups excluding carboxylic acids is 1. The molecule has 0 N–H and O–H groups in total. The van der Waals surface area contributed by atoms with Gasteiger partial charge in [0.2, 0.25) is 0 Å². The molecule has 3 fully saturated rings. The second-order valence-electron chi connectivity index (χ2n) is 6.98. The molecule has 0 amide bonds. The van der Waals surface area contributed by atoms with Crippen LogP contribution in [0.15, 0.2) is 24.4 Å². The van der Waals surface area contributed by atoms with E-state index in [0.29, 0.717) is 17.3 Å². The van der Waals surface area contributed by atoms with E-state index in [1.807, 2.05) is 18.2 Å². The van der Waals surface area contributed by atoms with Gasteiger partial charge in [0.25, 0.3) is 0 Å². The lowest BCUT2D eigenvalue weighted by Gasteiger charge is -2.61. The summed E-state index contributed by atoms with van der Waals surface area (Å²) in [6, 6.07) is 5.62. The molecule has 1 heterocycles. The van der Waals surface area contributed by atoms with Gasteiger partial charge in [-0.1, -0.05) is 26.8 Å². The lowest BCUT2D eigenvalue weighted by Crippen LogP contribution is -2.57. The van der Waals surface area contributed by atoms with Gasteiger partial charge in [0.05, 0.1) is 12.1 Å². The summed E-state index contributed by atoms with van der Waals surface area (Å²) >= 11 is 0. The molecule has 3 unspecified atom stereocenters. The van der Waals surface area contributed by atoms with E-state index in [0.717, 1.165) is 18.0 Å². The van der Waals surface area contributed by atoms with Crippen LogP contribution in [0.1, 0.15) is 39.3 Å². The number of hydrogen-bond acceptors (Lipinski definition) is 3. The maximum absolute atomic E-state index is 12.0. The number of pyridine rings is 1. The van der Waals surface area contributed by atoms with Gasteiger partial charge in [-0.2, -0.15) is 0 Å². The van der Waals surface area contributed by atoms with E-state index in [2.05, 4.69) is 25.8 Å². The molecule has 0 aliphatic heterocycles. The van der Waals surface area contributed by atoms with Crippen LogP contribution in [-0.2, 0) is 16.0 Å². The molecule has 3 saturated carbocycles. The largest absolute Gasteiger partial charge is 0.462 e. The number of aromatic nitrogens is 1. The minimum Gasteiger partial charge on any atom is -0.462 e. The Morgan fingerprint density at radius 3 is 2.80 bits per heavy atom. The van der Waals surface area contributed by atoms with Crippen LogP contribution in [0.4, 0.5) is 0 Å². The summed E-state index contributed by atoms with van der Waals surface area (Å²) in [6.07, 6.45) is 4.43. The smallest absolute Gasteiger partial charge is 0.312 e. The third-order valence-corrected chi connectivity index (χ3v) is 5.62. The van der Waals surface area contributed by atoms with Gasteiger partial charge in [-0.15, -0.1) is 0 Å². The Kier molecular flexibility index (Phi) is 3.31. The van der Waals surface area contributed by atoms with E-state index >= 15 is 0 Å². The predicted octanol–water partition coefficient (Wildman–Crippen LogP) is 3.24. The maximum Gasteiger partial charge on any atom is 0.312 e. The molecule has 108 valence electrons. The average Bonchev–Trinajstić information content (AvgIpc) is 2.41. The van der Waals surface area contributed by atoms with Gasteiger partial charge in [-0.3, -0.25) is 9.78 Å². The number of fused-ring (bicyclic) bond motifs is 2. The maximum atomic E-state index is 12.0. The van der Waals surface area contributed by atoms with Crippen LogP contribution in [0, 0.1) is 23.2 Å². The molecule has 3 aliphatic rings. The van der Waals surface area contributed by atoms with Gasteiger partial charge < -0.3 is 4.74 Å². The van der Waals surface area contributed by atoms with Crippen LogP contribution < -0.4 is 0 Å². The van der Waals surface area contributed by atoms with Crippen LogP contribution in [0.25, 0.3) is 0 Å². The molecule has 0 radical (unpaired) electrons. The lowest BCUT2D eigenvalue weighted by molar-refractivity contribution is -0.185. The zero-order chi connectivity index (χ0) is 14.3. The fraction of sp³-hybridized carbons (Fsp3) is 0.647. The third-order valence-electron chi connectivity index (χ3n) is 5.62. The molecule has 1 aromatic rings. The van der Waals surface area contributed by atoms with Crippen LogP contribution in [-0.4, -0.2) is 17.1 Å². The van der Waals surface area contributed by atoms with Crippen molar-refractivity contribution in [1.29, 1.82) is 0 Å². The second-order valence-corrected chi connectivity index (χ2v) is 6.98. The van der Waals surface area contributed by atoms with Gasteiger partial charge in [0.1, 0.15) is 6.10 Å². The Bertz CT molecular complexity index is 497. The fourth-order valence-electron chi connectivity index (χ4n) is 4.12. The quantitative estimate of drug-likeness (QED) is 0.794. The topological polar surface area (TPSA) is 39.2 Å². The molecule has 4 atom stereocenters. The first-order chi connectivity index (χ1) is 9.48. The Labute approximate surface area is 120 Å². The Balaban J connectivity index is 1.58. The van der Waals surface area contributed by atoms with E-state index in [1.165, 1.54) is 6.42 Å². The monoisotopic (exact) mass is 273 g/mol. The minimum absolute atomic E-state index is 0.1000. The summed E-state index contributed by atoms with van der Waals surface area (Å²) in [4.78, 5) is 16.2. The highest BCUT2D eigenvalue weighted by molar-refractivity contribution is 5.72. The molecular formula is C17H23NO2. The SMILES string of the molecule is C[C@@H]1C(OC(=O)Cc2ccccn2)CC2CC1C2(C)C. The highest BCUT2D eigenvalue weighted by atomic mass is 16.5. The molecule has 4 rings (SSSR count). The van der Waals surface area contributed by atoms with Crippen molar-refractivity contribution in [2.45, 2.75) is 46.1 Å². The molecule has 1 aromatic heterocycles. The van der Waals surface area contributed by atoms with Crippen molar-refractivity contribution >= 4 is 5.97 Å². The number of hydrogen-bond donors (Lipinski definition) is 0. The minimum atomic E-state index is -0.139. The second kappa shape index (κ2) is 4.87. The highest BCUT2D eigenvalue weighted by Crippen LogP contribution is 2.61. The van der Waals surface area contributed by atoms with Gasteiger partial charge >= 0.3 is 5.97 Å². The molecule has 3 nitrogen and oxygen atoms in total. The average molecular weight is 273 g/mol. The van der Waals surface area contributed by atoms with Crippen molar-refractivity contribution in [3.63, 3.8) is 0 Å². The number of ether oxygens (including phenoxy) is 1. The summed E-state index contributed by atoms with van der Waals surface area (Å²) < 4.78 is 5.72. The lowest BCUT2D eigenvalue weighted by atomic mass is 9.45. The normalized spacial score (nSPS) is 34.1. The number of nitrogens with zero attached hydrogens (tertiary/aromatic N) is 1. The molecule has 3 heteroatoms. The summed E-state index contributed by atoms with van der Waals surface area (Å²) in [5.74, 6) is 1.76. The fourth-order valence-corrected chi connectivity index (χ4v) is 4.12. The Morgan fingerprint density at radius 1 is 1.40 bits per heavy atom.